The van der Waals surface area contributed by atoms with E-state index in [2.05, 4.69) is 5.32 Å². The lowest BCUT2D eigenvalue weighted by Gasteiger charge is -2.16. The third-order valence-electron chi connectivity index (χ3n) is 2.23. The molecule has 0 aromatic heterocycles. The number of rotatable bonds is 9. The Labute approximate surface area is 93.3 Å². The number of hydrogen-bond donors (Lipinski definition) is 1. The van der Waals surface area contributed by atoms with E-state index in [-0.39, 0.29) is 5.75 Å². The van der Waals surface area contributed by atoms with E-state index < -0.39 is 9.84 Å². The second-order valence-electron chi connectivity index (χ2n) is 3.81. The molecule has 1 unspecified atom stereocenters. The van der Waals surface area contributed by atoms with Crippen LogP contribution in [-0.2, 0) is 14.6 Å². The zero-order valence-electron chi connectivity index (χ0n) is 9.95. The van der Waals surface area contributed by atoms with Crippen molar-refractivity contribution in [2.75, 3.05) is 32.3 Å². The van der Waals surface area contributed by atoms with Crippen molar-refractivity contribution >= 4 is 9.84 Å². The van der Waals surface area contributed by atoms with Gasteiger partial charge in [0.2, 0.25) is 0 Å². The van der Waals surface area contributed by atoms with Gasteiger partial charge < -0.3 is 10.1 Å². The van der Waals surface area contributed by atoms with Crippen LogP contribution in [-0.4, -0.2) is 46.7 Å². The summed E-state index contributed by atoms with van der Waals surface area (Å²) in [6.07, 6.45) is 3.91. The van der Waals surface area contributed by atoms with Gasteiger partial charge in [0, 0.05) is 26.0 Å². The van der Waals surface area contributed by atoms with Gasteiger partial charge in [-0.05, 0) is 25.8 Å². The second kappa shape index (κ2) is 8.07. The highest BCUT2D eigenvalue weighted by atomic mass is 32.2. The minimum Gasteiger partial charge on any atom is -0.385 e. The third-order valence-corrected chi connectivity index (χ3v) is 3.21. The van der Waals surface area contributed by atoms with Gasteiger partial charge >= 0.3 is 0 Å². The summed E-state index contributed by atoms with van der Waals surface area (Å²) in [5.74, 6) is 0.262. The fourth-order valence-corrected chi connectivity index (χ4v) is 2.18. The maximum absolute atomic E-state index is 11.0. The SMILES string of the molecule is CCNC(CCCOC)CCS(C)(=O)=O. The summed E-state index contributed by atoms with van der Waals surface area (Å²) in [6.45, 7) is 3.64. The molecule has 0 rings (SSSR count). The molecule has 1 atom stereocenters. The molecule has 0 amide bonds. The molecule has 5 heteroatoms. The van der Waals surface area contributed by atoms with E-state index in [1.807, 2.05) is 6.92 Å². The Morgan fingerprint density at radius 3 is 2.47 bits per heavy atom. The van der Waals surface area contributed by atoms with Gasteiger partial charge in [0.1, 0.15) is 9.84 Å². The Morgan fingerprint density at radius 1 is 1.33 bits per heavy atom. The highest BCUT2D eigenvalue weighted by Crippen LogP contribution is 2.04. The molecule has 0 saturated carbocycles. The van der Waals surface area contributed by atoms with Crippen LogP contribution in [0, 0.1) is 0 Å². The van der Waals surface area contributed by atoms with Crippen LogP contribution in [0.5, 0.6) is 0 Å². The van der Waals surface area contributed by atoms with Gasteiger partial charge in [-0.15, -0.1) is 0 Å². The Morgan fingerprint density at radius 2 is 2.00 bits per heavy atom. The first-order valence-electron chi connectivity index (χ1n) is 5.39. The molecule has 0 spiro atoms. The Kier molecular flexibility index (Phi) is 8.00. The van der Waals surface area contributed by atoms with E-state index in [0.29, 0.717) is 12.5 Å². The summed E-state index contributed by atoms with van der Waals surface area (Å²) in [6, 6.07) is 0.292. The molecule has 92 valence electrons. The van der Waals surface area contributed by atoms with Gasteiger partial charge in [-0.2, -0.15) is 0 Å². The van der Waals surface area contributed by atoms with Gasteiger partial charge in [0.15, 0.2) is 0 Å². The largest absolute Gasteiger partial charge is 0.385 e. The van der Waals surface area contributed by atoms with Crippen molar-refractivity contribution < 1.29 is 13.2 Å². The molecule has 0 aliphatic heterocycles. The molecule has 0 aromatic carbocycles. The third kappa shape index (κ3) is 10.2. The van der Waals surface area contributed by atoms with E-state index in [9.17, 15) is 8.42 Å². The molecule has 0 heterocycles. The van der Waals surface area contributed by atoms with Crippen LogP contribution in [0.15, 0.2) is 0 Å². The van der Waals surface area contributed by atoms with E-state index in [1.54, 1.807) is 7.11 Å². The first-order chi connectivity index (χ1) is 6.99. The molecule has 0 aliphatic carbocycles. The van der Waals surface area contributed by atoms with Crippen molar-refractivity contribution in [3.8, 4) is 0 Å². The van der Waals surface area contributed by atoms with Crippen LogP contribution in [0.25, 0.3) is 0 Å². The molecule has 0 radical (unpaired) electrons. The quantitative estimate of drug-likeness (QED) is 0.603. The van der Waals surface area contributed by atoms with E-state index in [4.69, 9.17) is 4.74 Å². The van der Waals surface area contributed by atoms with Gasteiger partial charge in [0.05, 0.1) is 5.75 Å². The van der Waals surface area contributed by atoms with Crippen LogP contribution in [0.2, 0.25) is 0 Å². The van der Waals surface area contributed by atoms with Crippen molar-refractivity contribution in [2.45, 2.75) is 32.2 Å². The first kappa shape index (κ1) is 14.9. The van der Waals surface area contributed by atoms with Gasteiger partial charge in [-0.1, -0.05) is 6.92 Å². The average molecular weight is 237 g/mol. The van der Waals surface area contributed by atoms with E-state index in [0.717, 1.165) is 26.0 Å². The highest BCUT2D eigenvalue weighted by Gasteiger charge is 2.10. The monoisotopic (exact) mass is 237 g/mol. The molecule has 0 aliphatic rings. The second-order valence-corrected chi connectivity index (χ2v) is 6.07. The van der Waals surface area contributed by atoms with Crippen molar-refractivity contribution in [3.05, 3.63) is 0 Å². The van der Waals surface area contributed by atoms with Gasteiger partial charge in [-0.3, -0.25) is 0 Å². The summed E-state index contributed by atoms with van der Waals surface area (Å²) in [7, 11) is -1.16. The maximum Gasteiger partial charge on any atom is 0.147 e. The lowest BCUT2D eigenvalue weighted by molar-refractivity contribution is 0.188. The first-order valence-corrected chi connectivity index (χ1v) is 7.45. The molecule has 1 N–H and O–H groups in total. The summed E-state index contributed by atoms with van der Waals surface area (Å²) in [5, 5.41) is 3.29. The van der Waals surface area contributed by atoms with Crippen LogP contribution in [0.4, 0.5) is 0 Å². The van der Waals surface area contributed by atoms with Crippen molar-refractivity contribution in [1.29, 1.82) is 0 Å². The zero-order valence-corrected chi connectivity index (χ0v) is 10.8. The molecule has 0 bridgehead atoms. The lowest BCUT2D eigenvalue weighted by atomic mass is 10.1. The smallest absolute Gasteiger partial charge is 0.147 e. The maximum atomic E-state index is 11.0. The molecular weight excluding hydrogens is 214 g/mol. The minimum atomic E-state index is -2.84. The van der Waals surface area contributed by atoms with E-state index in [1.165, 1.54) is 6.26 Å². The molecule has 0 saturated heterocycles. The van der Waals surface area contributed by atoms with Gasteiger partial charge in [0.25, 0.3) is 0 Å². The number of sulfone groups is 1. The summed E-state index contributed by atoms with van der Waals surface area (Å²) in [4.78, 5) is 0. The number of hydrogen-bond acceptors (Lipinski definition) is 4. The van der Waals surface area contributed by atoms with Crippen LogP contribution in [0.3, 0.4) is 0 Å². The topological polar surface area (TPSA) is 55.4 Å². The predicted octanol–water partition coefficient (Wildman–Crippen LogP) is 0.826. The summed E-state index contributed by atoms with van der Waals surface area (Å²) < 4.78 is 27.0. The van der Waals surface area contributed by atoms with Gasteiger partial charge in [-0.25, -0.2) is 8.42 Å². The Balaban J connectivity index is 3.82. The van der Waals surface area contributed by atoms with Crippen molar-refractivity contribution in [2.24, 2.45) is 0 Å². The fourth-order valence-electron chi connectivity index (χ4n) is 1.47. The van der Waals surface area contributed by atoms with Crippen LogP contribution < -0.4 is 5.32 Å². The fraction of sp³-hybridized carbons (Fsp3) is 1.00. The number of nitrogens with one attached hydrogen (secondary N) is 1. The normalized spacial score (nSPS) is 14.1. The molecule has 4 nitrogen and oxygen atoms in total. The molecule has 0 fully saturated rings. The number of ether oxygens (including phenoxy) is 1. The molecule has 15 heavy (non-hydrogen) atoms. The summed E-state index contributed by atoms with van der Waals surface area (Å²) in [5.41, 5.74) is 0. The standard InChI is InChI=1S/C10H23NO3S/c1-4-11-10(6-5-8-14-2)7-9-15(3,12)13/h10-11H,4-9H2,1-3H3. The molecule has 0 aromatic rings. The highest BCUT2D eigenvalue weighted by molar-refractivity contribution is 7.90. The number of methoxy groups -OCH3 is 1. The molecular formula is C10H23NO3S. The predicted molar refractivity (Wildman–Crippen MR) is 62.9 cm³/mol. The average Bonchev–Trinajstić information content (AvgIpc) is 2.13. The van der Waals surface area contributed by atoms with E-state index >= 15 is 0 Å². The van der Waals surface area contributed by atoms with Crippen LogP contribution >= 0.6 is 0 Å². The van der Waals surface area contributed by atoms with Crippen molar-refractivity contribution in [3.63, 3.8) is 0 Å². The van der Waals surface area contributed by atoms with Crippen LogP contribution in [0.1, 0.15) is 26.2 Å². The lowest BCUT2D eigenvalue weighted by Crippen LogP contribution is -2.31. The summed E-state index contributed by atoms with van der Waals surface area (Å²) >= 11 is 0. The minimum absolute atomic E-state index is 0.262. The Hall–Kier alpha value is -0.130. The Bertz CT molecular complexity index is 239. The zero-order chi connectivity index (χ0) is 11.7. The van der Waals surface area contributed by atoms with Crippen molar-refractivity contribution in [1.82, 2.24) is 5.32 Å².